The molecule has 0 radical (unpaired) electrons. The molecule has 0 aromatic carbocycles. The van der Waals surface area contributed by atoms with Crippen LogP contribution < -0.4 is 5.32 Å². The molecule has 1 saturated carbocycles. The number of likely N-dealkylation sites (N-methyl/N-ethyl adjacent to an activating group) is 1. The van der Waals surface area contributed by atoms with Gasteiger partial charge in [0, 0.05) is 18.1 Å². The molecule has 2 heteroatoms. The minimum atomic E-state index is 0.607. The highest BCUT2D eigenvalue weighted by atomic mass is 15.2. The molecular weight excluding hydrogens is 184 g/mol. The van der Waals surface area contributed by atoms with Crippen molar-refractivity contribution in [3.8, 4) is 0 Å². The molecule has 0 aliphatic heterocycles. The smallest absolute Gasteiger partial charge is 0.0218 e. The van der Waals surface area contributed by atoms with Crippen LogP contribution in [0.25, 0.3) is 0 Å². The van der Waals surface area contributed by atoms with E-state index in [0.717, 1.165) is 12.6 Å². The Labute approximate surface area is 95.4 Å². The van der Waals surface area contributed by atoms with Crippen molar-refractivity contribution in [1.29, 1.82) is 0 Å². The third-order valence-corrected chi connectivity index (χ3v) is 3.98. The van der Waals surface area contributed by atoms with Gasteiger partial charge in [0.05, 0.1) is 0 Å². The first-order chi connectivity index (χ1) is 7.16. The maximum Gasteiger partial charge on any atom is 0.0218 e. The van der Waals surface area contributed by atoms with Crippen molar-refractivity contribution in [3.05, 3.63) is 0 Å². The zero-order valence-corrected chi connectivity index (χ0v) is 10.9. The molecule has 0 bridgehead atoms. The van der Waals surface area contributed by atoms with Crippen molar-refractivity contribution < 1.29 is 0 Å². The van der Waals surface area contributed by atoms with Crippen LogP contribution in [0.3, 0.4) is 0 Å². The summed E-state index contributed by atoms with van der Waals surface area (Å²) < 4.78 is 0. The molecule has 1 N–H and O–H groups in total. The van der Waals surface area contributed by atoms with Gasteiger partial charge in [-0.15, -0.1) is 0 Å². The Morgan fingerprint density at radius 3 is 2.40 bits per heavy atom. The van der Waals surface area contributed by atoms with Crippen molar-refractivity contribution in [2.45, 2.75) is 71.0 Å². The van der Waals surface area contributed by atoms with Crippen LogP contribution >= 0.6 is 0 Å². The van der Waals surface area contributed by atoms with Crippen LogP contribution in [-0.4, -0.2) is 36.6 Å². The number of rotatable bonds is 6. The summed E-state index contributed by atoms with van der Waals surface area (Å²) in [6, 6.07) is 2.10. The summed E-state index contributed by atoms with van der Waals surface area (Å²) in [5.41, 5.74) is 0. The molecule has 1 aliphatic rings. The van der Waals surface area contributed by atoms with Gasteiger partial charge in [-0.05, 0) is 46.7 Å². The third kappa shape index (κ3) is 3.76. The topological polar surface area (TPSA) is 15.3 Å². The lowest BCUT2D eigenvalue weighted by Gasteiger charge is -2.34. The first-order valence-electron chi connectivity index (χ1n) is 6.62. The summed E-state index contributed by atoms with van der Waals surface area (Å²) in [6.07, 6.45) is 6.89. The molecule has 1 fully saturated rings. The minimum Gasteiger partial charge on any atom is -0.313 e. The second-order valence-electron chi connectivity index (χ2n) is 5.09. The summed E-state index contributed by atoms with van der Waals surface area (Å²) in [7, 11) is 2.30. The van der Waals surface area contributed by atoms with Crippen LogP contribution in [0.4, 0.5) is 0 Å². The molecule has 2 nitrogen and oxygen atoms in total. The minimum absolute atomic E-state index is 0.607. The molecule has 2 unspecified atom stereocenters. The standard InChI is InChI=1S/C13H28N2/c1-5-10-14-11(2)12(3)15(4)13-8-6-7-9-13/h11-14H,5-10H2,1-4H3. The normalized spacial score (nSPS) is 22.2. The number of nitrogens with zero attached hydrogens (tertiary/aromatic N) is 1. The van der Waals surface area contributed by atoms with E-state index < -0.39 is 0 Å². The van der Waals surface area contributed by atoms with E-state index >= 15 is 0 Å². The molecule has 0 amide bonds. The Balaban J connectivity index is 2.33. The number of nitrogens with one attached hydrogen (secondary N) is 1. The first kappa shape index (κ1) is 13.0. The first-order valence-corrected chi connectivity index (χ1v) is 6.62. The average Bonchev–Trinajstić information content (AvgIpc) is 2.77. The van der Waals surface area contributed by atoms with Crippen molar-refractivity contribution in [2.75, 3.05) is 13.6 Å². The van der Waals surface area contributed by atoms with Crippen molar-refractivity contribution in [3.63, 3.8) is 0 Å². The molecule has 1 rings (SSSR count). The van der Waals surface area contributed by atoms with E-state index in [0.29, 0.717) is 12.1 Å². The second kappa shape index (κ2) is 6.49. The van der Waals surface area contributed by atoms with E-state index in [1.54, 1.807) is 0 Å². The molecule has 15 heavy (non-hydrogen) atoms. The summed E-state index contributed by atoms with van der Waals surface area (Å²) in [6.45, 7) is 8.03. The van der Waals surface area contributed by atoms with E-state index in [-0.39, 0.29) is 0 Å². The Bertz CT molecular complexity index is 164. The lowest BCUT2D eigenvalue weighted by atomic mass is 10.1. The van der Waals surface area contributed by atoms with Gasteiger partial charge in [-0.2, -0.15) is 0 Å². The summed E-state index contributed by atoms with van der Waals surface area (Å²) in [4.78, 5) is 2.58. The fourth-order valence-electron chi connectivity index (χ4n) is 2.54. The van der Waals surface area contributed by atoms with Crippen molar-refractivity contribution in [2.24, 2.45) is 0 Å². The van der Waals surface area contributed by atoms with Gasteiger partial charge in [0.15, 0.2) is 0 Å². The maximum absolute atomic E-state index is 3.59. The van der Waals surface area contributed by atoms with E-state index in [1.807, 2.05) is 0 Å². The SMILES string of the molecule is CCCNC(C)C(C)N(C)C1CCCC1. The van der Waals surface area contributed by atoms with Gasteiger partial charge in [-0.3, -0.25) is 4.90 Å². The fourth-order valence-corrected chi connectivity index (χ4v) is 2.54. The van der Waals surface area contributed by atoms with Crippen LogP contribution in [0.5, 0.6) is 0 Å². The van der Waals surface area contributed by atoms with Crippen LogP contribution in [-0.2, 0) is 0 Å². The Morgan fingerprint density at radius 1 is 1.27 bits per heavy atom. The van der Waals surface area contributed by atoms with Crippen LogP contribution in [0.15, 0.2) is 0 Å². The van der Waals surface area contributed by atoms with E-state index in [9.17, 15) is 0 Å². The van der Waals surface area contributed by atoms with Gasteiger partial charge < -0.3 is 5.32 Å². The number of hydrogen-bond donors (Lipinski definition) is 1. The van der Waals surface area contributed by atoms with Gasteiger partial charge in [-0.25, -0.2) is 0 Å². The molecule has 2 atom stereocenters. The quantitative estimate of drug-likeness (QED) is 0.728. The molecule has 0 saturated heterocycles. The highest BCUT2D eigenvalue weighted by Gasteiger charge is 2.25. The van der Waals surface area contributed by atoms with Gasteiger partial charge in [0.2, 0.25) is 0 Å². The lowest BCUT2D eigenvalue weighted by Crippen LogP contribution is -2.48. The molecule has 0 heterocycles. The Hall–Kier alpha value is -0.0800. The molecule has 0 aromatic heterocycles. The fraction of sp³-hybridized carbons (Fsp3) is 1.00. The zero-order valence-electron chi connectivity index (χ0n) is 10.9. The largest absolute Gasteiger partial charge is 0.313 e. The van der Waals surface area contributed by atoms with Crippen molar-refractivity contribution >= 4 is 0 Å². The molecule has 0 spiro atoms. The monoisotopic (exact) mass is 212 g/mol. The zero-order chi connectivity index (χ0) is 11.3. The Kier molecular flexibility index (Phi) is 5.62. The van der Waals surface area contributed by atoms with Gasteiger partial charge >= 0.3 is 0 Å². The summed E-state index contributed by atoms with van der Waals surface area (Å²) >= 11 is 0. The van der Waals surface area contributed by atoms with Gasteiger partial charge in [0.1, 0.15) is 0 Å². The second-order valence-corrected chi connectivity index (χ2v) is 5.09. The van der Waals surface area contributed by atoms with Crippen LogP contribution in [0.1, 0.15) is 52.9 Å². The Morgan fingerprint density at radius 2 is 1.87 bits per heavy atom. The van der Waals surface area contributed by atoms with Crippen molar-refractivity contribution in [1.82, 2.24) is 10.2 Å². The highest BCUT2D eigenvalue weighted by molar-refractivity contribution is 4.83. The maximum atomic E-state index is 3.59. The third-order valence-electron chi connectivity index (χ3n) is 3.98. The molecule has 0 aromatic rings. The van der Waals surface area contributed by atoms with E-state index in [4.69, 9.17) is 0 Å². The molecular formula is C13H28N2. The number of hydrogen-bond acceptors (Lipinski definition) is 2. The highest BCUT2D eigenvalue weighted by Crippen LogP contribution is 2.24. The predicted molar refractivity (Wildman–Crippen MR) is 67.2 cm³/mol. The van der Waals surface area contributed by atoms with Gasteiger partial charge in [-0.1, -0.05) is 19.8 Å². The van der Waals surface area contributed by atoms with E-state index in [2.05, 4.69) is 38.0 Å². The molecule has 1 aliphatic carbocycles. The van der Waals surface area contributed by atoms with Crippen LogP contribution in [0.2, 0.25) is 0 Å². The lowest BCUT2D eigenvalue weighted by molar-refractivity contribution is 0.156. The summed E-state index contributed by atoms with van der Waals surface area (Å²) in [5, 5.41) is 3.59. The molecule has 90 valence electrons. The average molecular weight is 212 g/mol. The predicted octanol–water partition coefficient (Wildman–Crippen LogP) is 2.64. The van der Waals surface area contributed by atoms with Crippen LogP contribution in [0, 0.1) is 0 Å². The summed E-state index contributed by atoms with van der Waals surface area (Å²) in [5.74, 6) is 0. The van der Waals surface area contributed by atoms with Gasteiger partial charge in [0.25, 0.3) is 0 Å². The van der Waals surface area contributed by atoms with E-state index in [1.165, 1.54) is 32.1 Å².